The van der Waals surface area contributed by atoms with Crippen LogP contribution in [0.25, 0.3) is 11.0 Å². The first-order chi connectivity index (χ1) is 12.6. The Balaban J connectivity index is 1.48. The van der Waals surface area contributed by atoms with E-state index in [2.05, 4.69) is 11.4 Å². The number of nitrogens with one attached hydrogen (secondary N) is 1. The monoisotopic (exact) mass is 343 g/mol. The van der Waals surface area contributed by atoms with Crippen molar-refractivity contribution in [3.8, 4) is 0 Å². The molecule has 1 aromatic heterocycles. The quantitative estimate of drug-likeness (QED) is 0.722. The van der Waals surface area contributed by atoms with Gasteiger partial charge in [0.15, 0.2) is 0 Å². The summed E-state index contributed by atoms with van der Waals surface area (Å²) in [6, 6.07) is 11.7. The second-order valence-corrected chi connectivity index (χ2v) is 7.73. The fraction of sp³-hybridized carbons (Fsp3) is 0.318. The van der Waals surface area contributed by atoms with Crippen LogP contribution < -0.4 is 5.32 Å². The molecule has 0 spiro atoms. The van der Waals surface area contributed by atoms with Gasteiger partial charge in [0.05, 0.1) is 22.4 Å². The summed E-state index contributed by atoms with van der Waals surface area (Å²) >= 11 is 0. The largest absolute Gasteiger partial charge is 0.322 e. The number of hydrogen-bond donors (Lipinski definition) is 1. The maximum absolute atomic E-state index is 12.7. The molecule has 1 heterocycles. The van der Waals surface area contributed by atoms with E-state index in [1.807, 2.05) is 44.2 Å². The average Bonchev–Trinajstić information content (AvgIpc) is 3.20. The summed E-state index contributed by atoms with van der Waals surface area (Å²) in [5, 5.41) is 3.00. The number of amides is 1. The third-order valence-corrected chi connectivity index (χ3v) is 5.67. The lowest BCUT2D eigenvalue weighted by molar-refractivity contribution is 0.102. The summed E-state index contributed by atoms with van der Waals surface area (Å²) in [6.07, 6.45) is 3.67. The SMILES string of the molecule is Cc1cc(C)cc(NC(=O)c2ccc3nc4c(nc3c2)C2CCC4C2)c1. The van der Waals surface area contributed by atoms with Gasteiger partial charge >= 0.3 is 0 Å². The number of carbonyl (C=O) groups excluding carboxylic acids is 1. The molecule has 2 aliphatic carbocycles. The number of anilines is 1. The Bertz CT molecular complexity index is 1040. The Morgan fingerprint density at radius 2 is 1.58 bits per heavy atom. The first kappa shape index (κ1) is 15.5. The molecule has 2 bridgehead atoms. The van der Waals surface area contributed by atoms with Crippen molar-refractivity contribution >= 4 is 22.6 Å². The van der Waals surface area contributed by atoms with Crippen LogP contribution in [0.2, 0.25) is 0 Å². The molecule has 1 N–H and O–H groups in total. The normalized spacial score (nSPS) is 20.4. The molecule has 2 unspecified atom stereocenters. The summed E-state index contributed by atoms with van der Waals surface area (Å²) < 4.78 is 0. The molecule has 3 aromatic rings. The van der Waals surface area contributed by atoms with E-state index in [0.717, 1.165) is 27.8 Å². The Labute approximate surface area is 152 Å². The van der Waals surface area contributed by atoms with Gasteiger partial charge in [0.2, 0.25) is 0 Å². The van der Waals surface area contributed by atoms with E-state index in [1.165, 1.54) is 30.7 Å². The van der Waals surface area contributed by atoms with Gasteiger partial charge in [-0.2, -0.15) is 0 Å². The van der Waals surface area contributed by atoms with Crippen LogP contribution in [0.15, 0.2) is 36.4 Å². The topological polar surface area (TPSA) is 54.9 Å². The van der Waals surface area contributed by atoms with E-state index >= 15 is 0 Å². The zero-order chi connectivity index (χ0) is 17.8. The molecule has 2 aromatic carbocycles. The molecule has 5 rings (SSSR count). The van der Waals surface area contributed by atoms with Crippen molar-refractivity contribution in [3.05, 3.63) is 64.5 Å². The molecular formula is C22H21N3O. The zero-order valence-corrected chi connectivity index (χ0v) is 15.0. The fourth-order valence-corrected chi connectivity index (χ4v) is 4.55. The van der Waals surface area contributed by atoms with Crippen LogP contribution in [-0.2, 0) is 0 Å². The highest BCUT2D eigenvalue weighted by atomic mass is 16.1. The zero-order valence-electron chi connectivity index (χ0n) is 15.0. The van der Waals surface area contributed by atoms with Crippen molar-refractivity contribution in [2.45, 2.75) is 44.9 Å². The Kier molecular flexibility index (Phi) is 3.36. The van der Waals surface area contributed by atoms with Crippen molar-refractivity contribution < 1.29 is 4.79 Å². The van der Waals surface area contributed by atoms with Gasteiger partial charge in [0.25, 0.3) is 5.91 Å². The Hall–Kier alpha value is -2.75. The highest BCUT2D eigenvalue weighted by molar-refractivity contribution is 6.06. The average molecular weight is 343 g/mol. The number of rotatable bonds is 2. The fourth-order valence-electron chi connectivity index (χ4n) is 4.55. The molecule has 0 aliphatic heterocycles. The van der Waals surface area contributed by atoms with Gasteiger partial charge in [0.1, 0.15) is 0 Å². The van der Waals surface area contributed by atoms with E-state index in [9.17, 15) is 4.79 Å². The Morgan fingerprint density at radius 1 is 0.923 bits per heavy atom. The number of hydrogen-bond acceptors (Lipinski definition) is 3. The first-order valence-electron chi connectivity index (χ1n) is 9.28. The first-order valence-corrected chi connectivity index (χ1v) is 9.28. The number of aromatic nitrogens is 2. The Morgan fingerprint density at radius 3 is 2.27 bits per heavy atom. The number of nitrogens with zero attached hydrogens (tertiary/aromatic N) is 2. The van der Waals surface area contributed by atoms with E-state index in [0.29, 0.717) is 17.4 Å². The van der Waals surface area contributed by atoms with Crippen molar-refractivity contribution in [3.63, 3.8) is 0 Å². The van der Waals surface area contributed by atoms with Crippen LogP contribution in [0, 0.1) is 13.8 Å². The van der Waals surface area contributed by atoms with E-state index in [1.54, 1.807) is 0 Å². The predicted molar refractivity (Wildman–Crippen MR) is 103 cm³/mol. The highest BCUT2D eigenvalue weighted by Gasteiger charge is 2.39. The number of fused-ring (bicyclic) bond motifs is 6. The molecule has 0 saturated heterocycles. The molecule has 2 aliphatic rings. The smallest absolute Gasteiger partial charge is 0.255 e. The molecular weight excluding hydrogens is 322 g/mol. The molecule has 2 atom stereocenters. The molecule has 1 fully saturated rings. The molecule has 4 nitrogen and oxygen atoms in total. The standard InChI is InChI=1S/C22H21N3O/c1-12-7-13(2)9-17(8-12)23-22(26)16-5-6-18-19(11-16)25-21-15-4-3-14(10-15)20(21)24-18/h5-9,11,14-15H,3-4,10H2,1-2H3,(H,23,26). The second kappa shape index (κ2) is 5.63. The summed E-state index contributed by atoms with van der Waals surface area (Å²) in [5.41, 5.74) is 7.79. The van der Waals surface area contributed by atoms with E-state index in [4.69, 9.17) is 9.97 Å². The molecule has 26 heavy (non-hydrogen) atoms. The van der Waals surface area contributed by atoms with Gasteiger partial charge in [-0.15, -0.1) is 0 Å². The van der Waals surface area contributed by atoms with Crippen molar-refractivity contribution in [1.29, 1.82) is 0 Å². The lowest BCUT2D eigenvalue weighted by Crippen LogP contribution is -2.12. The van der Waals surface area contributed by atoms with Crippen molar-refractivity contribution in [1.82, 2.24) is 9.97 Å². The van der Waals surface area contributed by atoms with Crippen LogP contribution in [0.5, 0.6) is 0 Å². The molecule has 130 valence electrons. The van der Waals surface area contributed by atoms with Gasteiger partial charge in [-0.25, -0.2) is 9.97 Å². The van der Waals surface area contributed by atoms with Gasteiger partial charge in [0, 0.05) is 23.1 Å². The third-order valence-electron chi connectivity index (χ3n) is 5.67. The molecule has 1 amide bonds. The summed E-state index contributed by atoms with van der Waals surface area (Å²) in [7, 11) is 0. The third kappa shape index (κ3) is 2.48. The number of aryl methyl sites for hydroxylation is 2. The highest BCUT2D eigenvalue weighted by Crippen LogP contribution is 2.51. The van der Waals surface area contributed by atoms with Gasteiger partial charge in [-0.05, 0) is 74.6 Å². The minimum atomic E-state index is -0.110. The van der Waals surface area contributed by atoms with Crippen LogP contribution in [0.3, 0.4) is 0 Å². The second-order valence-electron chi connectivity index (χ2n) is 7.73. The molecule has 1 saturated carbocycles. The van der Waals surface area contributed by atoms with Crippen LogP contribution in [-0.4, -0.2) is 15.9 Å². The van der Waals surface area contributed by atoms with Crippen molar-refractivity contribution in [2.75, 3.05) is 5.32 Å². The summed E-state index contributed by atoms with van der Waals surface area (Å²) in [5.74, 6) is 1.06. The lowest BCUT2D eigenvalue weighted by atomic mass is 10.00. The summed E-state index contributed by atoms with van der Waals surface area (Å²) in [4.78, 5) is 22.4. The number of benzene rings is 2. The minimum absolute atomic E-state index is 0.110. The van der Waals surface area contributed by atoms with Crippen LogP contribution >= 0.6 is 0 Å². The minimum Gasteiger partial charge on any atom is -0.322 e. The lowest BCUT2D eigenvalue weighted by Gasteiger charge is -2.14. The number of carbonyl (C=O) groups is 1. The van der Waals surface area contributed by atoms with E-state index in [-0.39, 0.29) is 5.91 Å². The van der Waals surface area contributed by atoms with Gasteiger partial charge < -0.3 is 5.32 Å². The van der Waals surface area contributed by atoms with Gasteiger partial charge in [-0.1, -0.05) is 6.07 Å². The maximum atomic E-state index is 12.7. The maximum Gasteiger partial charge on any atom is 0.255 e. The van der Waals surface area contributed by atoms with Crippen molar-refractivity contribution in [2.24, 2.45) is 0 Å². The summed E-state index contributed by atoms with van der Waals surface area (Å²) in [6.45, 7) is 4.06. The molecule has 0 radical (unpaired) electrons. The van der Waals surface area contributed by atoms with Crippen LogP contribution in [0.4, 0.5) is 5.69 Å². The van der Waals surface area contributed by atoms with E-state index < -0.39 is 0 Å². The van der Waals surface area contributed by atoms with Crippen LogP contribution in [0.1, 0.15) is 64.0 Å². The predicted octanol–water partition coefficient (Wildman–Crippen LogP) is 4.86. The molecule has 4 heteroatoms. The van der Waals surface area contributed by atoms with Gasteiger partial charge in [-0.3, -0.25) is 4.79 Å².